The summed E-state index contributed by atoms with van der Waals surface area (Å²) in [7, 11) is 1.80. The van der Waals surface area contributed by atoms with Gasteiger partial charge >= 0.3 is 5.97 Å². The summed E-state index contributed by atoms with van der Waals surface area (Å²) in [4.78, 5) is 38.2. The van der Waals surface area contributed by atoms with Crippen molar-refractivity contribution in [2.75, 3.05) is 25.5 Å². The molecule has 3 N–H and O–H groups in total. The fourth-order valence-electron chi connectivity index (χ4n) is 2.86. The third-order valence-electron chi connectivity index (χ3n) is 4.18. The summed E-state index contributed by atoms with van der Waals surface area (Å²) < 4.78 is 10.3. The number of amides is 2. The number of nitrogens with zero attached hydrogens (tertiary/aromatic N) is 1. The number of aryl methyl sites for hydroxylation is 2. The Kier molecular flexibility index (Phi) is 6.94. The van der Waals surface area contributed by atoms with Crippen LogP contribution in [0.4, 0.5) is 5.88 Å². The molecular formula is C20H25N3O5. The second-order valence-electron chi connectivity index (χ2n) is 6.47. The number of anilines is 1. The Hall–Kier alpha value is -3.13. The van der Waals surface area contributed by atoms with Crippen LogP contribution in [0.2, 0.25) is 0 Å². The van der Waals surface area contributed by atoms with Crippen LogP contribution in [-0.4, -0.2) is 42.9 Å². The number of benzene rings is 1. The minimum atomic E-state index is -0.886. The van der Waals surface area contributed by atoms with Crippen LogP contribution < -0.4 is 11.1 Å². The van der Waals surface area contributed by atoms with Crippen molar-refractivity contribution in [1.29, 1.82) is 0 Å². The largest absolute Gasteiger partial charge is 0.462 e. The maximum Gasteiger partial charge on any atom is 0.342 e. The fraction of sp³-hybridized carbons (Fsp3) is 0.350. The van der Waals surface area contributed by atoms with Crippen LogP contribution in [0, 0.1) is 13.8 Å². The van der Waals surface area contributed by atoms with E-state index >= 15 is 0 Å². The zero-order chi connectivity index (χ0) is 20.8. The molecule has 0 aliphatic rings. The SMILES string of the molecule is CCOC(=O)c1c(C)oc(NC(=O)CN(C)Cc2ccccc2C)c1C(N)=O. The van der Waals surface area contributed by atoms with Crippen LogP contribution in [-0.2, 0) is 16.1 Å². The molecule has 2 aromatic rings. The first-order chi connectivity index (χ1) is 13.2. The monoisotopic (exact) mass is 387 g/mol. The third kappa shape index (κ3) is 4.98. The number of hydrogen-bond acceptors (Lipinski definition) is 6. The van der Waals surface area contributed by atoms with Gasteiger partial charge < -0.3 is 14.9 Å². The fourth-order valence-corrected chi connectivity index (χ4v) is 2.86. The van der Waals surface area contributed by atoms with E-state index in [0.29, 0.717) is 6.54 Å². The number of hydrogen-bond donors (Lipinski definition) is 2. The van der Waals surface area contributed by atoms with Crippen molar-refractivity contribution < 1.29 is 23.5 Å². The summed E-state index contributed by atoms with van der Waals surface area (Å²) in [6.07, 6.45) is 0. The molecule has 0 spiro atoms. The molecule has 1 aromatic carbocycles. The molecule has 1 heterocycles. The van der Waals surface area contributed by atoms with Gasteiger partial charge in [0.25, 0.3) is 5.91 Å². The molecule has 2 rings (SSSR count). The molecule has 0 aliphatic heterocycles. The molecule has 1 aromatic heterocycles. The van der Waals surface area contributed by atoms with Crippen molar-refractivity contribution >= 4 is 23.7 Å². The number of furan rings is 1. The van der Waals surface area contributed by atoms with Gasteiger partial charge in [0, 0.05) is 6.54 Å². The molecule has 2 amide bonds. The minimum absolute atomic E-state index is 0.0566. The summed E-state index contributed by atoms with van der Waals surface area (Å²) in [5, 5.41) is 2.53. The van der Waals surface area contributed by atoms with E-state index in [2.05, 4.69) is 5.32 Å². The standard InChI is InChI=1S/C20H25N3O5/c1-5-27-20(26)16-13(3)28-19(17(16)18(21)25)22-15(24)11-23(4)10-14-9-7-6-8-12(14)2/h6-9H,5,10-11H2,1-4H3,(H2,21,25)(H,22,24). The number of nitrogens with two attached hydrogens (primary N) is 1. The predicted octanol–water partition coefficient (Wildman–Crippen LogP) is 2.24. The first-order valence-electron chi connectivity index (χ1n) is 8.87. The van der Waals surface area contributed by atoms with Crippen molar-refractivity contribution in [2.45, 2.75) is 27.3 Å². The van der Waals surface area contributed by atoms with E-state index in [1.807, 2.05) is 36.1 Å². The van der Waals surface area contributed by atoms with E-state index in [1.54, 1.807) is 14.0 Å². The Morgan fingerprint density at radius 1 is 1.18 bits per heavy atom. The van der Waals surface area contributed by atoms with Crippen LogP contribution in [0.3, 0.4) is 0 Å². The topological polar surface area (TPSA) is 115 Å². The number of nitrogens with one attached hydrogen (secondary N) is 1. The lowest BCUT2D eigenvalue weighted by Crippen LogP contribution is -2.30. The molecular weight excluding hydrogens is 362 g/mol. The summed E-state index contributed by atoms with van der Waals surface area (Å²) in [6.45, 7) is 5.91. The molecule has 0 aliphatic carbocycles. The van der Waals surface area contributed by atoms with Crippen molar-refractivity contribution in [3.8, 4) is 0 Å². The van der Waals surface area contributed by atoms with E-state index in [0.717, 1.165) is 11.1 Å². The lowest BCUT2D eigenvalue weighted by atomic mass is 10.1. The van der Waals surface area contributed by atoms with E-state index in [9.17, 15) is 14.4 Å². The zero-order valence-electron chi connectivity index (χ0n) is 16.5. The van der Waals surface area contributed by atoms with E-state index < -0.39 is 17.8 Å². The average Bonchev–Trinajstić information content (AvgIpc) is 2.93. The number of carbonyl (C=O) groups is 3. The quantitative estimate of drug-likeness (QED) is 0.671. The number of likely N-dealkylation sites (N-methyl/N-ethyl adjacent to an activating group) is 1. The van der Waals surface area contributed by atoms with E-state index in [1.165, 1.54) is 6.92 Å². The Balaban J connectivity index is 2.13. The molecule has 0 unspecified atom stereocenters. The molecule has 0 saturated carbocycles. The molecule has 0 radical (unpaired) electrons. The maximum atomic E-state index is 12.4. The highest BCUT2D eigenvalue weighted by molar-refractivity contribution is 6.10. The Morgan fingerprint density at radius 2 is 1.86 bits per heavy atom. The minimum Gasteiger partial charge on any atom is -0.462 e. The Bertz CT molecular complexity index is 888. The van der Waals surface area contributed by atoms with Crippen molar-refractivity contribution in [3.63, 3.8) is 0 Å². The molecule has 0 bridgehead atoms. The highest BCUT2D eigenvalue weighted by Gasteiger charge is 2.29. The van der Waals surface area contributed by atoms with Crippen LogP contribution in [0.5, 0.6) is 0 Å². The Morgan fingerprint density at radius 3 is 2.46 bits per heavy atom. The van der Waals surface area contributed by atoms with E-state index in [-0.39, 0.29) is 35.9 Å². The summed E-state index contributed by atoms with van der Waals surface area (Å²) in [6, 6.07) is 7.90. The summed E-state index contributed by atoms with van der Waals surface area (Å²) >= 11 is 0. The maximum absolute atomic E-state index is 12.4. The predicted molar refractivity (Wildman–Crippen MR) is 104 cm³/mol. The van der Waals surface area contributed by atoms with Crippen LogP contribution in [0.1, 0.15) is 44.5 Å². The van der Waals surface area contributed by atoms with Crippen molar-refractivity contribution in [3.05, 3.63) is 52.3 Å². The van der Waals surface area contributed by atoms with E-state index in [4.69, 9.17) is 14.9 Å². The highest BCUT2D eigenvalue weighted by Crippen LogP contribution is 2.27. The number of esters is 1. The van der Waals surface area contributed by atoms with Crippen molar-refractivity contribution in [2.24, 2.45) is 5.73 Å². The normalized spacial score (nSPS) is 10.8. The highest BCUT2D eigenvalue weighted by atomic mass is 16.5. The molecule has 8 nitrogen and oxygen atoms in total. The molecule has 0 atom stereocenters. The number of ether oxygens (including phenoxy) is 1. The molecule has 0 saturated heterocycles. The van der Waals surface area contributed by atoms with Crippen LogP contribution in [0.25, 0.3) is 0 Å². The van der Waals surface area contributed by atoms with Gasteiger partial charge in [0.05, 0.1) is 13.2 Å². The van der Waals surface area contributed by atoms with Crippen molar-refractivity contribution in [1.82, 2.24) is 4.90 Å². The Labute approximate surface area is 163 Å². The molecule has 8 heteroatoms. The molecule has 28 heavy (non-hydrogen) atoms. The number of carbonyl (C=O) groups excluding carboxylic acids is 3. The first-order valence-corrected chi connectivity index (χ1v) is 8.87. The second kappa shape index (κ2) is 9.18. The molecule has 150 valence electrons. The average molecular weight is 387 g/mol. The molecule has 0 fully saturated rings. The number of primary amides is 1. The van der Waals surface area contributed by atoms with Gasteiger partial charge in [0.1, 0.15) is 16.9 Å². The first kappa shape index (κ1) is 21.2. The van der Waals surface area contributed by atoms with Gasteiger partial charge in [-0.1, -0.05) is 24.3 Å². The van der Waals surface area contributed by atoms with Crippen LogP contribution >= 0.6 is 0 Å². The zero-order valence-corrected chi connectivity index (χ0v) is 16.5. The van der Waals surface area contributed by atoms with Gasteiger partial charge in [-0.15, -0.1) is 0 Å². The van der Waals surface area contributed by atoms with Gasteiger partial charge in [-0.25, -0.2) is 4.79 Å². The smallest absolute Gasteiger partial charge is 0.342 e. The second-order valence-corrected chi connectivity index (χ2v) is 6.47. The van der Waals surface area contributed by atoms with Gasteiger partial charge in [0.2, 0.25) is 11.8 Å². The summed E-state index contributed by atoms with van der Waals surface area (Å²) in [5.74, 6) is -2.01. The summed E-state index contributed by atoms with van der Waals surface area (Å²) in [5.41, 5.74) is 7.37. The van der Waals surface area contributed by atoms with Crippen LogP contribution in [0.15, 0.2) is 28.7 Å². The lowest BCUT2D eigenvalue weighted by molar-refractivity contribution is -0.117. The van der Waals surface area contributed by atoms with Gasteiger partial charge in [-0.2, -0.15) is 0 Å². The van der Waals surface area contributed by atoms with Gasteiger partial charge in [-0.05, 0) is 38.9 Å². The third-order valence-corrected chi connectivity index (χ3v) is 4.18. The number of rotatable bonds is 8. The lowest BCUT2D eigenvalue weighted by Gasteiger charge is -2.17. The van der Waals surface area contributed by atoms with Gasteiger partial charge in [0.15, 0.2) is 0 Å². The van der Waals surface area contributed by atoms with Gasteiger partial charge in [-0.3, -0.25) is 19.8 Å².